The number of hydrogen-bond donors (Lipinski definition) is 0. The minimum Gasteiger partial charge on any atom is -0.494 e. The van der Waals surface area contributed by atoms with Crippen LogP contribution >= 0.6 is 0 Å². The summed E-state index contributed by atoms with van der Waals surface area (Å²) in [6.45, 7) is 0.135. The maximum atomic E-state index is 13.8. The molecule has 0 atom stereocenters. The van der Waals surface area contributed by atoms with Gasteiger partial charge in [-0.05, 0) is 6.07 Å². The van der Waals surface area contributed by atoms with Gasteiger partial charge >= 0.3 is 0 Å². The Morgan fingerprint density at radius 3 is 2.94 bits per heavy atom. The average Bonchev–Trinajstić information content (AvgIpc) is 2.34. The van der Waals surface area contributed by atoms with Gasteiger partial charge in [-0.2, -0.15) is 0 Å². The van der Waals surface area contributed by atoms with E-state index in [0.29, 0.717) is 5.56 Å². The molecule has 88 valence electrons. The fourth-order valence-corrected chi connectivity index (χ4v) is 1.52. The van der Waals surface area contributed by atoms with Crippen molar-refractivity contribution < 1.29 is 9.13 Å². The summed E-state index contributed by atoms with van der Waals surface area (Å²) < 4.78 is 20.0. The van der Waals surface area contributed by atoms with Gasteiger partial charge in [-0.1, -0.05) is 12.1 Å². The van der Waals surface area contributed by atoms with E-state index in [9.17, 15) is 9.18 Å². The van der Waals surface area contributed by atoms with Gasteiger partial charge < -0.3 is 4.74 Å². The first-order chi connectivity index (χ1) is 8.22. The van der Waals surface area contributed by atoms with E-state index in [1.165, 1.54) is 36.3 Å². The Balaban J connectivity index is 2.37. The van der Waals surface area contributed by atoms with Gasteiger partial charge in [0.25, 0.3) is 5.56 Å². The van der Waals surface area contributed by atoms with E-state index in [1.807, 2.05) is 0 Å². The molecule has 0 aliphatic rings. The molecule has 0 spiro atoms. The molecular formula is C12H11FN2O2. The van der Waals surface area contributed by atoms with Crippen molar-refractivity contribution in [3.8, 4) is 5.75 Å². The molecule has 0 unspecified atom stereocenters. The smallest absolute Gasteiger partial charge is 0.253 e. The molecule has 1 aromatic carbocycles. The van der Waals surface area contributed by atoms with Gasteiger partial charge in [-0.15, -0.1) is 0 Å². The monoisotopic (exact) mass is 234 g/mol. The Labute approximate surface area is 97.3 Å². The quantitative estimate of drug-likeness (QED) is 0.807. The average molecular weight is 234 g/mol. The molecule has 0 radical (unpaired) electrons. The Morgan fingerprint density at radius 2 is 2.24 bits per heavy atom. The predicted octanol–water partition coefficient (Wildman–Crippen LogP) is 1.44. The van der Waals surface area contributed by atoms with Crippen LogP contribution in [0.5, 0.6) is 5.75 Å². The second-order valence-corrected chi connectivity index (χ2v) is 3.48. The molecule has 0 amide bonds. The summed E-state index contributed by atoms with van der Waals surface area (Å²) in [4.78, 5) is 15.3. The van der Waals surface area contributed by atoms with Crippen molar-refractivity contribution in [3.63, 3.8) is 0 Å². The second kappa shape index (κ2) is 4.78. The van der Waals surface area contributed by atoms with E-state index >= 15 is 0 Å². The van der Waals surface area contributed by atoms with E-state index in [1.54, 1.807) is 12.1 Å². The molecule has 0 saturated carbocycles. The van der Waals surface area contributed by atoms with Crippen LogP contribution in [0, 0.1) is 5.82 Å². The van der Waals surface area contributed by atoms with Gasteiger partial charge in [-0.3, -0.25) is 9.36 Å². The third-order valence-corrected chi connectivity index (χ3v) is 2.40. The highest BCUT2D eigenvalue weighted by molar-refractivity contribution is 5.31. The molecule has 0 fully saturated rings. The van der Waals surface area contributed by atoms with Gasteiger partial charge in [-0.25, -0.2) is 9.37 Å². The maximum absolute atomic E-state index is 13.8. The molecule has 0 N–H and O–H groups in total. The van der Waals surface area contributed by atoms with Crippen LogP contribution < -0.4 is 10.3 Å². The number of ether oxygens (including phenoxy) is 1. The van der Waals surface area contributed by atoms with Crippen LogP contribution in [0.4, 0.5) is 4.39 Å². The Bertz CT molecular complexity index is 581. The molecule has 0 bridgehead atoms. The van der Waals surface area contributed by atoms with Crippen molar-refractivity contribution in [2.75, 3.05) is 7.11 Å². The zero-order valence-corrected chi connectivity index (χ0v) is 9.26. The summed E-state index contributed by atoms with van der Waals surface area (Å²) in [6.07, 6.45) is 2.78. The van der Waals surface area contributed by atoms with Crippen molar-refractivity contribution in [2.24, 2.45) is 0 Å². The zero-order chi connectivity index (χ0) is 12.3. The van der Waals surface area contributed by atoms with E-state index in [4.69, 9.17) is 4.74 Å². The molecule has 1 heterocycles. The van der Waals surface area contributed by atoms with E-state index in [0.717, 1.165) is 0 Å². The van der Waals surface area contributed by atoms with Gasteiger partial charge in [0.05, 0.1) is 20.0 Å². The maximum Gasteiger partial charge on any atom is 0.253 e. The lowest BCUT2D eigenvalue weighted by molar-refractivity contribution is 0.383. The number of halogens is 1. The summed E-state index contributed by atoms with van der Waals surface area (Å²) >= 11 is 0. The zero-order valence-electron chi connectivity index (χ0n) is 9.26. The standard InChI is InChI=1S/C12H11FN2O2/c1-17-10-4-2-3-9(12(10)13)7-15-8-14-6-5-11(15)16/h2-6,8H,7H2,1H3. The Morgan fingerprint density at radius 1 is 1.41 bits per heavy atom. The Kier molecular flexibility index (Phi) is 3.18. The number of nitrogens with zero attached hydrogens (tertiary/aromatic N) is 2. The molecule has 0 saturated heterocycles. The molecule has 1 aromatic heterocycles. The summed E-state index contributed by atoms with van der Waals surface area (Å²) in [5.41, 5.74) is 0.168. The highest BCUT2D eigenvalue weighted by Gasteiger charge is 2.08. The Hall–Kier alpha value is -2.17. The second-order valence-electron chi connectivity index (χ2n) is 3.48. The van der Waals surface area contributed by atoms with Crippen LogP contribution in [0.3, 0.4) is 0 Å². The fraction of sp³-hybridized carbons (Fsp3) is 0.167. The van der Waals surface area contributed by atoms with E-state index < -0.39 is 5.82 Å². The topological polar surface area (TPSA) is 44.1 Å². The number of benzene rings is 1. The lowest BCUT2D eigenvalue weighted by Gasteiger charge is -2.08. The van der Waals surface area contributed by atoms with Crippen LogP contribution in [0.25, 0.3) is 0 Å². The first kappa shape index (κ1) is 11.3. The lowest BCUT2D eigenvalue weighted by Crippen LogP contribution is -2.19. The van der Waals surface area contributed by atoms with Crippen LogP contribution in [0.1, 0.15) is 5.56 Å². The summed E-state index contributed by atoms with van der Waals surface area (Å²) in [5.74, 6) is -0.287. The summed E-state index contributed by atoms with van der Waals surface area (Å²) in [7, 11) is 1.40. The van der Waals surface area contributed by atoms with Gasteiger partial charge in [0, 0.05) is 17.8 Å². The third-order valence-electron chi connectivity index (χ3n) is 2.40. The van der Waals surface area contributed by atoms with Gasteiger partial charge in [0.1, 0.15) is 0 Å². The van der Waals surface area contributed by atoms with Crippen LogP contribution in [-0.2, 0) is 6.54 Å². The van der Waals surface area contributed by atoms with Crippen molar-refractivity contribution in [2.45, 2.75) is 6.54 Å². The first-order valence-electron chi connectivity index (χ1n) is 5.04. The number of hydrogen-bond acceptors (Lipinski definition) is 3. The fourth-order valence-electron chi connectivity index (χ4n) is 1.52. The van der Waals surface area contributed by atoms with Gasteiger partial charge in [0.15, 0.2) is 11.6 Å². The van der Waals surface area contributed by atoms with Crippen LogP contribution in [-0.4, -0.2) is 16.7 Å². The molecule has 2 rings (SSSR count). The minimum absolute atomic E-state index is 0.135. The van der Waals surface area contributed by atoms with E-state index in [-0.39, 0.29) is 17.9 Å². The normalized spacial score (nSPS) is 10.2. The molecule has 4 nitrogen and oxygen atoms in total. The first-order valence-corrected chi connectivity index (χ1v) is 5.04. The van der Waals surface area contributed by atoms with Crippen molar-refractivity contribution >= 4 is 0 Å². The largest absolute Gasteiger partial charge is 0.494 e. The molecular weight excluding hydrogens is 223 g/mol. The number of rotatable bonds is 3. The molecule has 2 aromatic rings. The lowest BCUT2D eigenvalue weighted by atomic mass is 10.2. The minimum atomic E-state index is -0.453. The third kappa shape index (κ3) is 2.33. The summed E-state index contributed by atoms with van der Waals surface area (Å²) in [6, 6.07) is 6.15. The van der Waals surface area contributed by atoms with Gasteiger partial charge in [0.2, 0.25) is 0 Å². The number of aromatic nitrogens is 2. The molecule has 0 aliphatic heterocycles. The van der Waals surface area contributed by atoms with E-state index in [2.05, 4.69) is 4.98 Å². The SMILES string of the molecule is COc1cccc(Cn2cnccc2=O)c1F. The van der Waals surface area contributed by atoms with Crippen molar-refractivity contribution in [3.05, 3.63) is 58.5 Å². The molecule has 17 heavy (non-hydrogen) atoms. The van der Waals surface area contributed by atoms with Crippen molar-refractivity contribution in [1.82, 2.24) is 9.55 Å². The molecule has 5 heteroatoms. The predicted molar refractivity (Wildman–Crippen MR) is 60.6 cm³/mol. The number of methoxy groups -OCH3 is 1. The van der Waals surface area contributed by atoms with Crippen LogP contribution in [0.15, 0.2) is 41.6 Å². The van der Waals surface area contributed by atoms with Crippen LogP contribution in [0.2, 0.25) is 0 Å². The summed E-state index contributed by atoms with van der Waals surface area (Å²) in [5, 5.41) is 0. The highest BCUT2D eigenvalue weighted by atomic mass is 19.1. The van der Waals surface area contributed by atoms with Crippen molar-refractivity contribution in [1.29, 1.82) is 0 Å². The molecule has 0 aliphatic carbocycles. The highest BCUT2D eigenvalue weighted by Crippen LogP contribution is 2.20.